The van der Waals surface area contributed by atoms with E-state index in [2.05, 4.69) is 0 Å². The van der Waals surface area contributed by atoms with E-state index in [1.807, 2.05) is 32.9 Å². The normalized spacial score (nSPS) is 43.7. The zero-order valence-corrected chi connectivity index (χ0v) is 21.6. The molecule has 0 aromatic rings. The van der Waals surface area contributed by atoms with Crippen LogP contribution in [-0.2, 0) is 38.1 Å². The zero-order valence-electron chi connectivity index (χ0n) is 21.6. The lowest BCUT2D eigenvalue weighted by Crippen LogP contribution is -2.42. The van der Waals surface area contributed by atoms with Crippen LogP contribution in [0, 0.1) is 17.8 Å². The number of carbonyl (C=O) groups is 3. The fraction of sp³-hybridized carbons (Fsp3) is 0.741. The SMILES string of the molecule is CO[C@@H](/C(C)=C/C=O)[C@@H](C)[C@@H]1C[C@@H](O)[C@@]2(C)O[C@@H]2/C=C/[C@@H](C)[C@H]2C[C@H](CC(=O)O2)C[C@H]2O[C@H]2C(=O)O1. The van der Waals surface area contributed by atoms with E-state index in [1.165, 1.54) is 13.2 Å². The molecule has 36 heavy (non-hydrogen) atoms. The molecule has 4 rings (SSSR count). The number of esters is 2. The van der Waals surface area contributed by atoms with Crippen molar-refractivity contribution in [1.82, 2.24) is 0 Å². The Hall–Kier alpha value is -2.07. The van der Waals surface area contributed by atoms with Crippen LogP contribution in [0.3, 0.4) is 0 Å². The van der Waals surface area contributed by atoms with Crippen LogP contribution >= 0.6 is 0 Å². The van der Waals surface area contributed by atoms with Gasteiger partial charge >= 0.3 is 11.9 Å². The molecule has 0 aromatic carbocycles. The van der Waals surface area contributed by atoms with Gasteiger partial charge < -0.3 is 28.8 Å². The predicted molar refractivity (Wildman–Crippen MR) is 128 cm³/mol. The summed E-state index contributed by atoms with van der Waals surface area (Å²) >= 11 is 0. The largest absolute Gasteiger partial charge is 0.462 e. The molecule has 1 N–H and O–H groups in total. The van der Waals surface area contributed by atoms with E-state index in [1.54, 1.807) is 6.92 Å². The zero-order chi connectivity index (χ0) is 26.2. The van der Waals surface area contributed by atoms with E-state index >= 15 is 0 Å². The maximum absolute atomic E-state index is 13.1. The Kier molecular flexibility index (Phi) is 8.04. The molecule has 0 aliphatic carbocycles. The molecule has 0 unspecified atom stereocenters. The molecule has 0 saturated carbocycles. The van der Waals surface area contributed by atoms with Crippen molar-refractivity contribution in [2.45, 2.75) is 102 Å². The van der Waals surface area contributed by atoms with Crippen molar-refractivity contribution in [2.75, 3.05) is 7.11 Å². The molecule has 2 bridgehead atoms. The van der Waals surface area contributed by atoms with Crippen molar-refractivity contribution < 1.29 is 43.2 Å². The molecular weight excluding hydrogens is 468 g/mol. The minimum Gasteiger partial charge on any atom is -0.462 e. The maximum atomic E-state index is 13.1. The second kappa shape index (κ2) is 10.7. The number of carbonyl (C=O) groups excluding carboxylic acids is 3. The first-order valence-electron chi connectivity index (χ1n) is 12.8. The van der Waals surface area contributed by atoms with Gasteiger partial charge in [-0.2, -0.15) is 0 Å². The summed E-state index contributed by atoms with van der Waals surface area (Å²) in [6, 6.07) is 0. The van der Waals surface area contributed by atoms with Gasteiger partial charge in [0.2, 0.25) is 0 Å². The van der Waals surface area contributed by atoms with Gasteiger partial charge in [0.05, 0.1) is 18.3 Å². The van der Waals surface area contributed by atoms with Crippen molar-refractivity contribution in [2.24, 2.45) is 17.8 Å². The van der Waals surface area contributed by atoms with E-state index in [-0.39, 0.29) is 48.5 Å². The highest BCUT2D eigenvalue weighted by Crippen LogP contribution is 2.44. The minimum atomic E-state index is -0.920. The quantitative estimate of drug-likeness (QED) is 0.197. The minimum absolute atomic E-state index is 0.0149. The number of aliphatic hydroxyl groups is 1. The van der Waals surface area contributed by atoms with E-state index in [0.29, 0.717) is 31.1 Å². The summed E-state index contributed by atoms with van der Waals surface area (Å²) in [6.07, 6.45) is 4.05. The smallest absolute Gasteiger partial charge is 0.338 e. The van der Waals surface area contributed by atoms with Crippen molar-refractivity contribution in [3.63, 3.8) is 0 Å². The van der Waals surface area contributed by atoms with E-state index in [4.69, 9.17) is 23.7 Å². The highest BCUT2D eigenvalue weighted by Gasteiger charge is 2.57. The molecule has 0 radical (unpaired) electrons. The standard InChI is InChI=1S/C27H38O9/c1-14-6-7-22-27(4,36-22)21(29)13-19(16(3)24(32-5)15(2)8-9-28)35-26(31)25-20(34-25)11-17-10-18(14)33-23(30)12-17/h6-9,14,16-22,24-25,29H,10-13H2,1-5H3/b7-6+,15-8+/t14-,16+,17+,18-,19+,20-,21-,22-,24+,25-,27-/m1/s1. The molecule has 200 valence electrons. The van der Waals surface area contributed by atoms with Gasteiger partial charge in [-0.15, -0.1) is 0 Å². The summed E-state index contributed by atoms with van der Waals surface area (Å²) < 4.78 is 28.7. The van der Waals surface area contributed by atoms with Crippen LogP contribution in [0.2, 0.25) is 0 Å². The monoisotopic (exact) mass is 506 g/mol. The highest BCUT2D eigenvalue weighted by molar-refractivity contribution is 5.78. The summed E-state index contributed by atoms with van der Waals surface area (Å²) in [4.78, 5) is 36.4. The van der Waals surface area contributed by atoms with E-state index in [9.17, 15) is 19.5 Å². The van der Waals surface area contributed by atoms with Crippen LogP contribution in [-0.4, -0.2) is 78.8 Å². The van der Waals surface area contributed by atoms with Crippen molar-refractivity contribution >= 4 is 18.2 Å². The number of fused-ring (bicyclic) bond motifs is 4. The first-order chi connectivity index (χ1) is 17.1. The Morgan fingerprint density at radius 1 is 1.19 bits per heavy atom. The van der Waals surface area contributed by atoms with Crippen LogP contribution in [0.25, 0.3) is 0 Å². The predicted octanol–water partition coefficient (Wildman–Crippen LogP) is 2.29. The number of aliphatic hydroxyl groups excluding tert-OH is 1. The fourth-order valence-corrected chi connectivity index (χ4v) is 5.66. The van der Waals surface area contributed by atoms with Crippen LogP contribution in [0.4, 0.5) is 0 Å². The Balaban J connectivity index is 1.58. The van der Waals surface area contributed by atoms with E-state index in [0.717, 1.165) is 0 Å². The number of ether oxygens (including phenoxy) is 5. The molecule has 0 amide bonds. The van der Waals surface area contributed by atoms with Gasteiger partial charge in [0, 0.05) is 31.8 Å². The van der Waals surface area contributed by atoms with Gasteiger partial charge in [-0.05, 0) is 44.3 Å². The summed E-state index contributed by atoms with van der Waals surface area (Å²) in [7, 11) is 1.53. The van der Waals surface area contributed by atoms with Gasteiger partial charge in [0.1, 0.15) is 30.2 Å². The number of rotatable bonds is 5. The van der Waals surface area contributed by atoms with Crippen LogP contribution in [0.5, 0.6) is 0 Å². The molecule has 9 nitrogen and oxygen atoms in total. The number of aldehydes is 1. The van der Waals surface area contributed by atoms with Crippen LogP contribution < -0.4 is 0 Å². The lowest BCUT2D eigenvalue weighted by atomic mass is 9.84. The number of methoxy groups -OCH3 is 1. The molecule has 3 saturated heterocycles. The van der Waals surface area contributed by atoms with Crippen molar-refractivity contribution in [3.8, 4) is 0 Å². The molecule has 0 aromatic heterocycles. The molecule has 4 aliphatic heterocycles. The van der Waals surface area contributed by atoms with Gasteiger partial charge in [-0.3, -0.25) is 9.59 Å². The first kappa shape index (κ1) is 27.0. The van der Waals surface area contributed by atoms with Gasteiger partial charge in [-0.25, -0.2) is 4.79 Å². The summed E-state index contributed by atoms with van der Waals surface area (Å²) in [5, 5.41) is 11.1. The highest BCUT2D eigenvalue weighted by atomic mass is 16.6. The van der Waals surface area contributed by atoms with Crippen molar-refractivity contribution in [1.29, 1.82) is 0 Å². The molecule has 9 heteroatoms. The first-order valence-corrected chi connectivity index (χ1v) is 12.8. The average molecular weight is 507 g/mol. The lowest BCUT2D eigenvalue weighted by Gasteiger charge is -2.32. The molecule has 4 aliphatic rings. The maximum Gasteiger partial charge on any atom is 0.338 e. The number of cyclic esters (lactones) is 1. The summed E-state index contributed by atoms with van der Waals surface area (Å²) in [5.74, 6) is -1.04. The molecule has 0 spiro atoms. The third-order valence-electron chi connectivity index (χ3n) is 8.23. The lowest BCUT2D eigenvalue weighted by molar-refractivity contribution is -0.159. The number of allylic oxidation sites excluding steroid dienone is 1. The number of epoxide rings is 2. The van der Waals surface area contributed by atoms with Gasteiger partial charge in [0.15, 0.2) is 6.10 Å². The molecule has 3 fully saturated rings. The Morgan fingerprint density at radius 3 is 2.61 bits per heavy atom. The second-order valence-electron chi connectivity index (χ2n) is 10.9. The van der Waals surface area contributed by atoms with Gasteiger partial charge in [0.25, 0.3) is 0 Å². The Labute approximate surface area is 212 Å². The summed E-state index contributed by atoms with van der Waals surface area (Å²) in [6.45, 7) is 7.48. The van der Waals surface area contributed by atoms with Crippen LogP contribution in [0.1, 0.15) is 53.4 Å². The summed E-state index contributed by atoms with van der Waals surface area (Å²) in [5.41, 5.74) is -0.140. The van der Waals surface area contributed by atoms with E-state index < -0.39 is 36.0 Å². The fourth-order valence-electron chi connectivity index (χ4n) is 5.66. The Morgan fingerprint density at radius 2 is 1.92 bits per heavy atom. The molecule has 4 heterocycles. The topological polar surface area (TPSA) is 124 Å². The van der Waals surface area contributed by atoms with Gasteiger partial charge in [-0.1, -0.05) is 26.0 Å². The second-order valence-corrected chi connectivity index (χ2v) is 10.9. The number of hydrogen-bond donors (Lipinski definition) is 1. The number of hydrogen-bond acceptors (Lipinski definition) is 9. The average Bonchev–Trinajstić information content (AvgIpc) is 3.73. The van der Waals surface area contributed by atoms with Crippen LogP contribution in [0.15, 0.2) is 23.8 Å². The third kappa shape index (κ3) is 5.74. The molecular formula is C27H38O9. The molecule has 11 atom stereocenters. The Bertz CT molecular complexity index is 913. The van der Waals surface area contributed by atoms with Crippen molar-refractivity contribution in [3.05, 3.63) is 23.8 Å². The third-order valence-corrected chi connectivity index (χ3v) is 8.23.